The topological polar surface area (TPSA) is 41.9 Å². The van der Waals surface area contributed by atoms with Gasteiger partial charge in [0.25, 0.3) is 0 Å². The van der Waals surface area contributed by atoms with Crippen LogP contribution in [0.25, 0.3) is 10.6 Å². The van der Waals surface area contributed by atoms with Crippen molar-refractivity contribution in [2.24, 2.45) is 0 Å². The van der Waals surface area contributed by atoms with Crippen molar-refractivity contribution in [1.29, 1.82) is 0 Å². The zero-order valence-electron chi connectivity index (χ0n) is 11.9. The molecule has 104 valence electrons. The molecule has 2 aromatic rings. The van der Waals surface area contributed by atoms with Gasteiger partial charge in [0, 0.05) is 23.8 Å². The molecule has 0 bridgehead atoms. The van der Waals surface area contributed by atoms with E-state index in [2.05, 4.69) is 22.3 Å². The molecule has 0 saturated carbocycles. The summed E-state index contributed by atoms with van der Waals surface area (Å²) in [5.41, 5.74) is 4.82. The van der Waals surface area contributed by atoms with Crippen LogP contribution in [0.4, 0.5) is 5.95 Å². The Balaban J connectivity index is 1.84. The molecule has 0 aromatic carbocycles. The van der Waals surface area contributed by atoms with E-state index in [1.54, 1.807) is 11.5 Å². The van der Waals surface area contributed by atoms with E-state index in [0.717, 1.165) is 36.7 Å². The summed E-state index contributed by atoms with van der Waals surface area (Å²) < 4.78 is 4.41. The van der Waals surface area contributed by atoms with Gasteiger partial charge in [-0.15, -0.1) is 0 Å². The van der Waals surface area contributed by atoms with E-state index in [9.17, 15) is 0 Å². The maximum atomic E-state index is 4.89. The highest BCUT2D eigenvalue weighted by atomic mass is 32.1. The molecule has 1 aliphatic carbocycles. The molecule has 1 fully saturated rings. The highest BCUT2D eigenvalue weighted by Crippen LogP contribution is 2.35. The lowest BCUT2D eigenvalue weighted by molar-refractivity contribution is 0.470. The molecule has 3 heterocycles. The van der Waals surface area contributed by atoms with Crippen LogP contribution in [0.2, 0.25) is 0 Å². The zero-order chi connectivity index (χ0) is 13.7. The zero-order valence-corrected chi connectivity index (χ0v) is 12.7. The Morgan fingerprint density at radius 1 is 1.30 bits per heavy atom. The lowest BCUT2D eigenvalue weighted by atomic mass is 10.1. The predicted molar refractivity (Wildman–Crippen MR) is 81.3 cm³/mol. The number of nitrogens with zero attached hydrogens (tertiary/aromatic N) is 4. The number of hydrogen-bond donors (Lipinski definition) is 0. The molecule has 0 spiro atoms. The van der Waals surface area contributed by atoms with Crippen molar-refractivity contribution in [3.63, 3.8) is 0 Å². The van der Waals surface area contributed by atoms with E-state index in [-0.39, 0.29) is 0 Å². The van der Waals surface area contributed by atoms with Crippen molar-refractivity contribution >= 4 is 17.5 Å². The van der Waals surface area contributed by atoms with Gasteiger partial charge in [-0.1, -0.05) is 0 Å². The third kappa shape index (κ3) is 1.84. The van der Waals surface area contributed by atoms with Crippen LogP contribution in [0.5, 0.6) is 0 Å². The van der Waals surface area contributed by atoms with Crippen molar-refractivity contribution in [2.75, 3.05) is 11.4 Å². The van der Waals surface area contributed by atoms with Crippen LogP contribution < -0.4 is 4.90 Å². The maximum Gasteiger partial charge on any atom is 0.226 e. The fraction of sp³-hybridized carbons (Fsp3) is 0.533. The van der Waals surface area contributed by atoms with Crippen molar-refractivity contribution < 1.29 is 0 Å². The van der Waals surface area contributed by atoms with Gasteiger partial charge >= 0.3 is 0 Å². The Morgan fingerprint density at radius 2 is 2.20 bits per heavy atom. The van der Waals surface area contributed by atoms with E-state index < -0.39 is 0 Å². The number of rotatable bonds is 2. The molecule has 2 aliphatic rings. The summed E-state index contributed by atoms with van der Waals surface area (Å²) in [7, 11) is 0. The largest absolute Gasteiger partial charge is 0.338 e. The van der Waals surface area contributed by atoms with Crippen molar-refractivity contribution in [2.45, 2.75) is 45.6 Å². The molecule has 4 nitrogen and oxygen atoms in total. The summed E-state index contributed by atoms with van der Waals surface area (Å²) in [5.74, 6) is 0.922. The van der Waals surface area contributed by atoms with E-state index in [0.29, 0.717) is 6.04 Å². The molecule has 20 heavy (non-hydrogen) atoms. The molecule has 1 aliphatic heterocycles. The Morgan fingerprint density at radius 3 is 2.85 bits per heavy atom. The monoisotopic (exact) mass is 286 g/mol. The second-order valence-corrected chi connectivity index (χ2v) is 6.62. The predicted octanol–water partition coefficient (Wildman–Crippen LogP) is 3.00. The maximum absolute atomic E-state index is 4.89. The third-order valence-corrected chi connectivity index (χ3v) is 5.25. The first-order valence-corrected chi connectivity index (χ1v) is 8.10. The Hall–Kier alpha value is -1.49. The molecule has 0 N–H and O–H groups in total. The van der Waals surface area contributed by atoms with Gasteiger partial charge in [0.15, 0.2) is 0 Å². The highest BCUT2D eigenvalue weighted by Gasteiger charge is 2.29. The Bertz CT molecular complexity index is 664. The van der Waals surface area contributed by atoms with E-state index in [4.69, 9.17) is 9.97 Å². The lowest BCUT2D eigenvalue weighted by Crippen LogP contribution is -2.46. The molecule has 1 atom stereocenters. The Labute approximate surface area is 123 Å². The minimum atomic E-state index is 0.575. The van der Waals surface area contributed by atoms with Gasteiger partial charge < -0.3 is 4.90 Å². The van der Waals surface area contributed by atoms with E-state index in [1.807, 2.05) is 6.92 Å². The van der Waals surface area contributed by atoms with Gasteiger partial charge in [-0.25, -0.2) is 9.97 Å². The van der Waals surface area contributed by atoms with Crippen molar-refractivity contribution in [3.8, 4) is 10.6 Å². The first-order valence-electron chi connectivity index (χ1n) is 7.32. The second-order valence-electron chi connectivity index (χ2n) is 5.81. The van der Waals surface area contributed by atoms with Crippen LogP contribution in [0, 0.1) is 6.92 Å². The molecule has 0 unspecified atom stereocenters. The van der Waals surface area contributed by atoms with Crippen LogP contribution in [-0.4, -0.2) is 26.9 Å². The number of fused-ring (bicyclic) bond motifs is 1. The van der Waals surface area contributed by atoms with Crippen LogP contribution in [0.15, 0.2) is 6.07 Å². The van der Waals surface area contributed by atoms with Crippen molar-refractivity contribution in [1.82, 2.24) is 14.3 Å². The highest BCUT2D eigenvalue weighted by molar-refractivity contribution is 7.09. The molecule has 2 aromatic heterocycles. The third-order valence-electron chi connectivity index (χ3n) is 4.36. The molecular formula is C15H18N4S. The summed E-state index contributed by atoms with van der Waals surface area (Å²) in [6, 6.07) is 2.72. The fourth-order valence-corrected chi connectivity index (χ4v) is 3.81. The summed E-state index contributed by atoms with van der Waals surface area (Å²) >= 11 is 1.56. The lowest BCUT2D eigenvalue weighted by Gasteiger charge is -2.39. The van der Waals surface area contributed by atoms with Gasteiger partial charge in [-0.2, -0.15) is 4.37 Å². The molecule has 5 heteroatoms. The number of aryl methyl sites for hydroxylation is 2. The number of anilines is 1. The number of hydrogen-bond acceptors (Lipinski definition) is 5. The molecule has 4 rings (SSSR count). The van der Waals surface area contributed by atoms with Crippen LogP contribution >= 0.6 is 11.5 Å². The molecular weight excluding hydrogens is 268 g/mol. The van der Waals surface area contributed by atoms with E-state index in [1.165, 1.54) is 29.0 Å². The van der Waals surface area contributed by atoms with Gasteiger partial charge in [-0.3, -0.25) is 0 Å². The SMILES string of the molecule is Cc1cc(-c2nc(N3CC[C@@H]3C)nc3c2CCC3)sn1. The average Bonchev–Trinajstić information content (AvgIpc) is 3.04. The summed E-state index contributed by atoms with van der Waals surface area (Å²) in [4.78, 5) is 13.2. The van der Waals surface area contributed by atoms with Gasteiger partial charge in [0.05, 0.1) is 16.3 Å². The standard InChI is InChI=1S/C15H18N4S/c1-9-8-13(20-18-9)14-11-4-3-5-12(11)16-15(17-14)19-7-6-10(19)2/h8,10H,3-7H2,1-2H3/t10-/m0/s1. The summed E-state index contributed by atoms with van der Waals surface area (Å²) in [5, 5.41) is 0. The van der Waals surface area contributed by atoms with Gasteiger partial charge in [0.2, 0.25) is 5.95 Å². The fourth-order valence-electron chi connectivity index (χ4n) is 3.04. The summed E-state index contributed by atoms with van der Waals surface area (Å²) in [6.45, 7) is 5.37. The van der Waals surface area contributed by atoms with Crippen molar-refractivity contribution in [3.05, 3.63) is 23.0 Å². The first-order chi connectivity index (χ1) is 9.72. The minimum absolute atomic E-state index is 0.575. The average molecular weight is 286 g/mol. The first kappa shape index (κ1) is 12.3. The van der Waals surface area contributed by atoms with Crippen LogP contribution in [0.3, 0.4) is 0 Å². The van der Waals surface area contributed by atoms with Crippen LogP contribution in [-0.2, 0) is 12.8 Å². The second kappa shape index (κ2) is 4.52. The smallest absolute Gasteiger partial charge is 0.226 e. The van der Waals surface area contributed by atoms with Gasteiger partial charge in [-0.05, 0) is 57.1 Å². The molecule has 1 saturated heterocycles. The number of aromatic nitrogens is 3. The molecule has 0 amide bonds. The minimum Gasteiger partial charge on any atom is -0.338 e. The van der Waals surface area contributed by atoms with Crippen LogP contribution in [0.1, 0.15) is 36.7 Å². The Kier molecular flexibility index (Phi) is 2.77. The van der Waals surface area contributed by atoms with Gasteiger partial charge in [0.1, 0.15) is 0 Å². The van der Waals surface area contributed by atoms with E-state index >= 15 is 0 Å². The quantitative estimate of drug-likeness (QED) is 0.851. The normalized spacial score (nSPS) is 20.9. The molecule has 0 radical (unpaired) electrons. The summed E-state index contributed by atoms with van der Waals surface area (Å²) in [6.07, 6.45) is 4.65.